The van der Waals surface area contributed by atoms with Gasteiger partial charge in [-0.3, -0.25) is 4.79 Å². The summed E-state index contributed by atoms with van der Waals surface area (Å²) in [6.07, 6.45) is 14.9. The third-order valence-corrected chi connectivity index (χ3v) is 9.82. The number of carboxylic acid groups (broad SMARTS) is 1. The Labute approximate surface area is 232 Å². The molecule has 0 bridgehead atoms. The number of aryl methyl sites for hydroxylation is 1. The van der Waals surface area contributed by atoms with Gasteiger partial charge in [0.2, 0.25) is 0 Å². The number of carbonyl (C=O) groups is 1. The van der Waals surface area contributed by atoms with Crippen LogP contribution >= 0.6 is 0 Å². The lowest BCUT2D eigenvalue weighted by Crippen LogP contribution is -2.38. The molecule has 3 fully saturated rings. The monoisotopic (exact) mass is 517 g/mol. The molecule has 38 heavy (non-hydrogen) atoms. The Morgan fingerprint density at radius 2 is 1.45 bits per heavy atom. The van der Waals surface area contributed by atoms with Crippen molar-refractivity contribution in [2.24, 2.45) is 35.5 Å². The van der Waals surface area contributed by atoms with Crippen molar-refractivity contribution in [3.05, 3.63) is 72.3 Å². The van der Waals surface area contributed by atoms with Crippen molar-refractivity contribution in [1.29, 1.82) is 0 Å². The molecule has 3 heteroatoms. The molecule has 2 aliphatic carbocycles. The zero-order chi connectivity index (χ0) is 26.6. The molecule has 2 aromatic carbocycles. The van der Waals surface area contributed by atoms with E-state index in [9.17, 15) is 9.90 Å². The summed E-state index contributed by atoms with van der Waals surface area (Å²) in [6, 6.07) is 22.9. The van der Waals surface area contributed by atoms with E-state index >= 15 is 0 Å². The lowest BCUT2D eigenvalue weighted by Gasteiger charge is -2.35. The number of carboxylic acids is 1. The highest BCUT2D eigenvalue weighted by Crippen LogP contribution is 2.46. The molecule has 3 aliphatic rings. The van der Waals surface area contributed by atoms with Crippen LogP contribution in [0.25, 0.3) is 0 Å². The van der Waals surface area contributed by atoms with Crippen molar-refractivity contribution in [3.8, 4) is 0 Å². The smallest absolute Gasteiger partial charge is 0.307 e. The van der Waals surface area contributed by atoms with E-state index in [1.165, 1.54) is 76.6 Å². The number of hydrogen-bond acceptors (Lipinski definition) is 2. The van der Waals surface area contributed by atoms with Gasteiger partial charge in [0.25, 0.3) is 0 Å². The molecule has 3 nitrogen and oxygen atoms in total. The Morgan fingerprint density at radius 3 is 2.05 bits per heavy atom. The average Bonchev–Trinajstić information content (AvgIpc) is 3.31. The molecule has 0 spiro atoms. The van der Waals surface area contributed by atoms with Gasteiger partial charge in [-0.1, -0.05) is 99.3 Å². The highest BCUT2D eigenvalue weighted by molar-refractivity contribution is 5.70. The van der Waals surface area contributed by atoms with E-state index < -0.39 is 5.97 Å². The van der Waals surface area contributed by atoms with Gasteiger partial charge in [-0.15, -0.1) is 0 Å². The lowest BCUT2D eigenvalue weighted by atomic mass is 9.73. The summed E-state index contributed by atoms with van der Waals surface area (Å²) in [7, 11) is 0. The van der Waals surface area contributed by atoms with E-state index in [1.54, 1.807) is 0 Å². The average molecular weight is 518 g/mol. The van der Waals surface area contributed by atoms with Crippen molar-refractivity contribution in [3.63, 3.8) is 0 Å². The topological polar surface area (TPSA) is 40.5 Å². The van der Waals surface area contributed by atoms with Gasteiger partial charge in [-0.2, -0.15) is 0 Å². The first-order valence-electron chi connectivity index (χ1n) is 15.6. The van der Waals surface area contributed by atoms with E-state index in [-0.39, 0.29) is 5.92 Å². The zero-order valence-corrected chi connectivity index (χ0v) is 23.7. The third kappa shape index (κ3) is 8.97. The maximum absolute atomic E-state index is 12.2. The molecule has 4 unspecified atom stereocenters. The quantitative estimate of drug-likeness (QED) is 0.363. The molecule has 2 saturated carbocycles. The highest BCUT2D eigenvalue weighted by atomic mass is 16.4. The molecular formula is C35H51NO2. The number of aliphatic carboxylic acids is 1. The highest BCUT2D eigenvalue weighted by Gasteiger charge is 2.43. The van der Waals surface area contributed by atoms with Crippen LogP contribution in [0.2, 0.25) is 0 Å². The van der Waals surface area contributed by atoms with Gasteiger partial charge in [-0.25, -0.2) is 0 Å². The van der Waals surface area contributed by atoms with Crippen molar-refractivity contribution < 1.29 is 9.90 Å². The normalized spacial score (nSPS) is 25.9. The SMILES string of the molecule is CC1CC(C(C(=O)O)C2CCCCC2)CC1CN1CCC(CCCc2ccccc2)CC1.c1ccccc1. The number of piperidine rings is 1. The van der Waals surface area contributed by atoms with Crippen molar-refractivity contribution in [1.82, 2.24) is 4.90 Å². The van der Waals surface area contributed by atoms with E-state index in [2.05, 4.69) is 42.2 Å². The minimum absolute atomic E-state index is 0.0851. The fraction of sp³-hybridized carbons (Fsp3) is 0.629. The molecule has 1 aliphatic heterocycles. The molecule has 0 aromatic heterocycles. The van der Waals surface area contributed by atoms with E-state index in [0.717, 1.165) is 31.6 Å². The van der Waals surface area contributed by atoms with Crippen LogP contribution in [0.15, 0.2) is 66.7 Å². The van der Waals surface area contributed by atoms with Gasteiger partial charge in [0.1, 0.15) is 0 Å². The van der Waals surface area contributed by atoms with Crippen LogP contribution in [-0.4, -0.2) is 35.6 Å². The van der Waals surface area contributed by atoms with Crippen molar-refractivity contribution in [2.75, 3.05) is 19.6 Å². The Balaban J connectivity index is 0.000000494. The van der Waals surface area contributed by atoms with Crippen molar-refractivity contribution >= 4 is 5.97 Å². The molecule has 1 N–H and O–H groups in total. The number of benzene rings is 2. The second-order valence-corrected chi connectivity index (χ2v) is 12.5. The third-order valence-electron chi connectivity index (χ3n) is 9.82. The van der Waals surface area contributed by atoms with Gasteiger partial charge >= 0.3 is 5.97 Å². The van der Waals surface area contributed by atoms with Crippen molar-refractivity contribution in [2.45, 2.75) is 84.0 Å². The fourth-order valence-electron chi connectivity index (χ4n) is 7.63. The largest absolute Gasteiger partial charge is 0.481 e. The molecule has 1 heterocycles. The number of nitrogens with zero attached hydrogens (tertiary/aromatic N) is 1. The summed E-state index contributed by atoms with van der Waals surface area (Å²) in [6.45, 7) is 6.08. The second-order valence-electron chi connectivity index (χ2n) is 12.5. The van der Waals surface area contributed by atoms with E-state index in [1.807, 2.05) is 36.4 Å². The Kier molecular flexibility index (Phi) is 11.7. The maximum atomic E-state index is 12.2. The van der Waals surface area contributed by atoms with E-state index in [0.29, 0.717) is 23.7 Å². The molecule has 2 aromatic rings. The summed E-state index contributed by atoms with van der Waals surface area (Å²) < 4.78 is 0. The first kappa shape index (κ1) is 28.9. The molecule has 5 rings (SSSR count). The van der Waals surface area contributed by atoms with Crippen LogP contribution in [-0.2, 0) is 11.2 Å². The van der Waals surface area contributed by atoms with Crippen LogP contribution in [0, 0.1) is 35.5 Å². The van der Waals surface area contributed by atoms with Crippen LogP contribution in [0.1, 0.15) is 83.1 Å². The van der Waals surface area contributed by atoms with E-state index in [4.69, 9.17) is 0 Å². The maximum Gasteiger partial charge on any atom is 0.307 e. The van der Waals surface area contributed by atoms with Gasteiger partial charge in [0.05, 0.1) is 5.92 Å². The standard InChI is InChI=1S/C29H45NO2.C6H6/c1-22-19-26(28(29(31)32)25-13-6-3-7-14-25)20-27(22)21-30-17-15-24(16-18-30)12-8-11-23-9-4-2-5-10-23;1-2-4-6-5-3-1/h2,4-5,9-10,22,24-28H,3,6-8,11-21H2,1H3,(H,31,32);1-6H. The molecule has 0 radical (unpaired) electrons. The molecular weight excluding hydrogens is 466 g/mol. The summed E-state index contributed by atoms with van der Waals surface area (Å²) in [5.41, 5.74) is 1.47. The first-order chi connectivity index (χ1) is 18.6. The summed E-state index contributed by atoms with van der Waals surface area (Å²) in [5, 5.41) is 10.0. The first-order valence-corrected chi connectivity index (χ1v) is 15.6. The minimum atomic E-state index is -0.508. The number of hydrogen-bond donors (Lipinski definition) is 1. The Hall–Kier alpha value is -2.13. The van der Waals surface area contributed by atoms with Gasteiger partial charge in [0, 0.05) is 6.54 Å². The summed E-state index contributed by atoms with van der Waals surface area (Å²) in [5.74, 6) is 2.51. The number of likely N-dealkylation sites (tertiary alicyclic amines) is 1. The predicted octanol–water partition coefficient (Wildman–Crippen LogP) is 8.35. The van der Waals surface area contributed by atoms with Gasteiger partial charge in [-0.05, 0) is 99.6 Å². The summed E-state index contributed by atoms with van der Waals surface area (Å²) in [4.78, 5) is 14.9. The predicted molar refractivity (Wildman–Crippen MR) is 158 cm³/mol. The Morgan fingerprint density at radius 1 is 0.842 bits per heavy atom. The lowest BCUT2D eigenvalue weighted by molar-refractivity contribution is -0.146. The van der Waals surface area contributed by atoms with Gasteiger partial charge < -0.3 is 10.0 Å². The fourth-order valence-corrected chi connectivity index (χ4v) is 7.63. The second kappa shape index (κ2) is 15.5. The molecule has 208 valence electrons. The molecule has 1 saturated heterocycles. The zero-order valence-electron chi connectivity index (χ0n) is 23.7. The minimum Gasteiger partial charge on any atom is -0.481 e. The molecule has 4 atom stereocenters. The van der Waals surface area contributed by atoms with Crippen LogP contribution in [0.4, 0.5) is 0 Å². The van der Waals surface area contributed by atoms with Gasteiger partial charge in [0.15, 0.2) is 0 Å². The summed E-state index contributed by atoms with van der Waals surface area (Å²) >= 11 is 0. The van der Waals surface area contributed by atoms with Crippen LogP contribution < -0.4 is 0 Å². The van der Waals surface area contributed by atoms with Crippen LogP contribution in [0.3, 0.4) is 0 Å². The molecule has 0 amide bonds. The Bertz CT molecular complexity index is 875. The van der Waals surface area contributed by atoms with Crippen LogP contribution in [0.5, 0.6) is 0 Å². The number of rotatable bonds is 9.